The first-order chi connectivity index (χ1) is 14.3. The maximum absolute atomic E-state index is 12.6. The molecule has 1 amide bonds. The van der Waals surface area contributed by atoms with E-state index in [1.807, 2.05) is 64.1 Å². The normalized spacial score (nSPS) is 12.4. The van der Waals surface area contributed by atoms with Crippen LogP contribution in [-0.4, -0.2) is 5.91 Å². The lowest BCUT2D eigenvalue weighted by molar-refractivity contribution is -0.121. The van der Waals surface area contributed by atoms with E-state index in [1.165, 1.54) is 0 Å². The van der Waals surface area contributed by atoms with Gasteiger partial charge in [-0.1, -0.05) is 30.3 Å². The third kappa shape index (κ3) is 3.63. The van der Waals surface area contributed by atoms with Crippen LogP contribution in [0.1, 0.15) is 47.4 Å². The molecule has 0 aliphatic heterocycles. The van der Waals surface area contributed by atoms with Gasteiger partial charge in [-0.25, -0.2) is 4.79 Å². The van der Waals surface area contributed by atoms with E-state index in [0.29, 0.717) is 23.2 Å². The first kappa shape index (κ1) is 20.0. The van der Waals surface area contributed by atoms with Crippen molar-refractivity contribution in [2.24, 2.45) is 0 Å². The Hall–Kier alpha value is -3.34. The van der Waals surface area contributed by atoms with Crippen LogP contribution < -0.4 is 10.9 Å². The second-order valence-corrected chi connectivity index (χ2v) is 7.82. The number of carbonyl (C=O) groups excluding carboxylic acids is 1. The first-order valence-electron chi connectivity index (χ1n) is 10.2. The molecular formula is C25H25NO4. The van der Waals surface area contributed by atoms with E-state index in [0.717, 1.165) is 33.2 Å². The van der Waals surface area contributed by atoms with Crippen molar-refractivity contribution in [1.29, 1.82) is 0 Å². The van der Waals surface area contributed by atoms with Gasteiger partial charge in [0.25, 0.3) is 0 Å². The molecule has 0 bridgehead atoms. The van der Waals surface area contributed by atoms with Gasteiger partial charge in [0.15, 0.2) is 0 Å². The zero-order valence-corrected chi connectivity index (χ0v) is 17.7. The lowest BCUT2D eigenvalue weighted by Gasteiger charge is -2.14. The van der Waals surface area contributed by atoms with Gasteiger partial charge in [0, 0.05) is 28.8 Å². The van der Waals surface area contributed by atoms with E-state index in [9.17, 15) is 9.59 Å². The quantitative estimate of drug-likeness (QED) is 0.461. The van der Waals surface area contributed by atoms with Crippen LogP contribution in [-0.2, 0) is 11.2 Å². The highest BCUT2D eigenvalue weighted by Crippen LogP contribution is 2.31. The van der Waals surface area contributed by atoms with Crippen LogP contribution in [0, 0.1) is 20.8 Å². The van der Waals surface area contributed by atoms with Crippen molar-refractivity contribution in [3.8, 4) is 0 Å². The molecule has 0 aliphatic carbocycles. The monoisotopic (exact) mass is 403 g/mol. The van der Waals surface area contributed by atoms with Crippen molar-refractivity contribution in [2.45, 2.75) is 46.6 Å². The second-order valence-electron chi connectivity index (χ2n) is 7.82. The molecule has 0 fully saturated rings. The Labute approximate surface area is 174 Å². The standard InChI is InChI=1S/C25H25NO4/c1-14-17(4)29-22-13-23-21(12-20(14)22)15(2)19(25(28)30-23)10-11-24(27)26-16(3)18-8-6-5-7-9-18/h5-9,12-13,16H,10-11H2,1-4H3,(H,26,27)/t16-/m1/s1. The molecule has 2 aromatic carbocycles. The summed E-state index contributed by atoms with van der Waals surface area (Å²) < 4.78 is 11.3. The van der Waals surface area contributed by atoms with Gasteiger partial charge in [-0.2, -0.15) is 0 Å². The van der Waals surface area contributed by atoms with Gasteiger partial charge in [0.2, 0.25) is 5.91 Å². The van der Waals surface area contributed by atoms with Crippen molar-refractivity contribution in [1.82, 2.24) is 5.32 Å². The Morgan fingerprint density at radius 2 is 1.63 bits per heavy atom. The molecule has 1 atom stereocenters. The molecule has 30 heavy (non-hydrogen) atoms. The summed E-state index contributed by atoms with van der Waals surface area (Å²) in [6.45, 7) is 7.79. The van der Waals surface area contributed by atoms with Crippen LogP contribution in [0.25, 0.3) is 21.9 Å². The topological polar surface area (TPSA) is 72.5 Å². The highest BCUT2D eigenvalue weighted by Gasteiger charge is 2.17. The summed E-state index contributed by atoms with van der Waals surface area (Å²) in [7, 11) is 0. The van der Waals surface area contributed by atoms with E-state index < -0.39 is 5.63 Å². The first-order valence-corrected chi connectivity index (χ1v) is 10.2. The average molecular weight is 403 g/mol. The summed E-state index contributed by atoms with van der Waals surface area (Å²) >= 11 is 0. The van der Waals surface area contributed by atoms with Gasteiger partial charge in [-0.05, 0) is 56.9 Å². The van der Waals surface area contributed by atoms with Crippen LogP contribution in [0.5, 0.6) is 0 Å². The molecule has 5 nitrogen and oxygen atoms in total. The van der Waals surface area contributed by atoms with E-state index in [4.69, 9.17) is 8.83 Å². The number of amides is 1. The van der Waals surface area contributed by atoms with Crippen molar-refractivity contribution in [3.05, 3.63) is 80.9 Å². The smallest absolute Gasteiger partial charge is 0.339 e. The Bertz CT molecular complexity index is 1300. The molecule has 4 rings (SSSR count). The number of benzene rings is 2. The van der Waals surface area contributed by atoms with Crippen LogP contribution in [0.4, 0.5) is 0 Å². The molecule has 5 heteroatoms. The summed E-state index contributed by atoms with van der Waals surface area (Å²) in [6, 6.07) is 13.5. The van der Waals surface area contributed by atoms with Gasteiger partial charge in [-0.3, -0.25) is 4.79 Å². The van der Waals surface area contributed by atoms with Gasteiger partial charge in [-0.15, -0.1) is 0 Å². The summed E-state index contributed by atoms with van der Waals surface area (Å²) in [6.07, 6.45) is 0.555. The van der Waals surface area contributed by atoms with Gasteiger partial charge in [0.05, 0.1) is 6.04 Å². The largest absolute Gasteiger partial charge is 0.461 e. The number of carbonyl (C=O) groups is 1. The Balaban J connectivity index is 1.58. The van der Waals surface area contributed by atoms with Crippen molar-refractivity contribution in [2.75, 3.05) is 0 Å². The van der Waals surface area contributed by atoms with Crippen molar-refractivity contribution in [3.63, 3.8) is 0 Å². The summed E-state index contributed by atoms with van der Waals surface area (Å²) in [5.74, 6) is 0.756. The third-order valence-corrected chi connectivity index (χ3v) is 5.86. The molecule has 0 unspecified atom stereocenters. The van der Waals surface area contributed by atoms with Crippen LogP contribution in [0.15, 0.2) is 56.1 Å². The maximum atomic E-state index is 12.6. The molecule has 2 aromatic heterocycles. The molecule has 4 aromatic rings. The number of hydrogen-bond donors (Lipinski definition) is 1. The molecule has 1 N–H and O–H groups in total. The van der Waals surface area contributed by atoms with Crippen molar-refractivity contribution < 1.29 is 13.6 Å². The van der Waals surface area contributed by atoms with Crippen LogP contribution in [0.3, 0.4) is 0 Å². The Morgan fingerprint density at radius 3 is 2.37 bits per heavy atom. The minimum Gasteiger partial charge on any atom is -0.461 e. The zero-order valence-electron chi connectivity index (χ0n) is 17.7. The van der Waals surface area contributed by atoms with E-state index in [2.05, 4.69) is 5.32 Å². The van der Waals surface area contributed by atoms with Crippen molar-refractivity contribution >= 4 is 27.8 Å². The minimum absolute atomic E-state index is 0.0894. The maximum Gasteiger partial charge on any atom is 0.339 e. The van der Waals surface area contributed by atoms with Crippen LogP contribution >= 0.6 is 0 Å². The molecule has 0 radical (unpaired) electrons. The predicted octanol–water partition coefficient (Wildman–Crippen LogP) is 5.27. The molecular weight excluding hydrogens is 378 g/mol. The zero-order chi connectivity index (χ0) is 21.4. The fourth-order valence-corrected chi connectivity index (χ4v) is 3.89. The van der Waals surface area contributed by atoms with E-state index >= 15 is 0 Å². The molecule has 0 saturated carbocycles. The van der Waals surface area contributed by atoms with Gasteiger partial charge in [0.1, 0.15) is 16.9 Å². The lowest BCUT2D eigenvalue weighted by atomic mass is 10.00. The fourth-order valence-electron chi connectivity index (χ4n) is 3.89. The predicted molar refractivity (Wildman–Crippen MR) is 118 cm³/mol. The summed E-state index contributed by atoms with van der Waals surface area (Å²) in [4.78, 5) is 25.0. The Morgan fingerprint density at radius 1 is 0.967 bits per heavy atom. The SMILES string of the molecule is Cc1oc2cc3oc(=O)c(CCC(=O)N[C@H](C)c4ccccc4)c(C)c3cc2c1C. The highest BCUT2D eigenvalue weighted by atomic mass is 16.4. The van der Waals surface area contributed by atoms with Gasteiger partial charge >= 0.3 is 5.63 Å². The second kappa shape index (κ2) is 7.82. The highest BCUT2D eigenvalue weighted by molar-refractivity contribution is 5.96. The summed E-state index contributed by atoms with van der Waals surface area (Å²) in [5.41, 5.74) is 4.33. The molecule has 2 heterocycles. The number of fused-ring (bicyclic) bond motifs is 2. The third-order valence-electron chi connectivity index (χ3n) is 5.86. The molecule has 0 spiro atoms. The minimum atomic E-state index is -0.400. The molecule has 0 aliphatic rings. The number of nitrogens with one attached hydrogen (secondary N) is 1. The number of aryl methyl sites for hydroxylation is 3. The lowest BCUT2D eigenvalue weighted by Crippen LogP contribution is -2.27. The average Bonchev–Trinajstić information content (AvgIpc) is 3.00. The number of rotatable bonds is 5. The Kier molecular flexibility index (Phi) is 5.20. The number of hydrogen-bond acceptors (Lipinski definition) is 4. The van der Waals surface area contributed by atoms with Gasteiger partial charge < -0.3 is 14.2 Å². The summed E-state index contributed by atoms with van der Waals surface area (Å²) in [5, 5.41) is 4.88. The molecule has 0 saturated heterocycles. The van der Waals surface area contributed by atoms with Crippen LogP contribution in [0.2, 0.25) is 0 Å². The fraction of sp³-hybridized carbons (Fsp3) is 0.280. The molecule has 154 valence electrons. The van der Waals surface area contributed by atoms with E-state index in [1.54, 1.807) is 6.07 Å². The number of furan rings is 1. The van der Waals surface area contributed by atoms with E-state index in [-0.39, 0.29) is 18.4 Å².